The van der Waals surface area contributed by atoms with Gasteiger partial charge in [-0.3, -0.25) is 4.79 Å². The van der Waals surface area contributed by atoms with E-state index in [4.69, 9.17) is 4.74 Å². The molecule has 4 rings (SSSR count). The smallest absolute Gasteiger partial charge is 0.287 e. The lowest BCUT2D eigenvalue weighted by atomic mass is 10.0. The highest BCUT2D eigenvalue weighted by molar-refractivity contribution is 5.95. The summed E-state index contributed by atoms with van der Waals surface area (Å²) in [5, 5.41) is 3.11. The second-order valence-electron chi connectivity index (χ2n) is 7.46. The summed E-state index contributed by atoms with van der Waals surface area (Å²) < 4.78 is 5.69. The van der Waals surface area contributed by atoms with Gasteiger partial charge in [-0.2, -0.15) is 0 Å². The molecule has 2 heterocycles. The Bertz CT molecular complexity index is 976. The maximum atomic E-state index is 13.5. The van der Waals surface area contributed by atoms with Crippen molar-refractivity contribution in [1.29, 1.82) is 0 Å². The second kappa shape index (κ2) is 10.0. The number of carbonyl (C=O) groups is 1. The molecule has 0 aliphatic carbocycles. The minimum atomic E-state index is -0.310. The Balaban J connectivity index is 1.53. The van der Waals surface area contributed by atoms with Crippen molar-refractivity contribution in [1.82, 2.24) is 9.97 Å². The molecular weight excluding hydrogens is 390 g/mol. The Kier molecular flexibility index (Phi) is 6.74. The summed E-state index contributed by atoms with van der Waals surface area (Å²) >= 11 is 0. The van der Waals surface area contributed by atoms with Crippen LogP contribution in [0, 0.1) is 0 Å². The number of para-hydroxylation sites is 2. The minimum absolute atomic E-state index is 0.0298. The highest BCUT2D eigenvalue weighted by atomic mass is 16.5. The number of hydrogen-bond donors (Lipinski definition) is 2. The van der Waals surface area contributed by atoms with Crippen LogP contribution in [0.15, 0.2) is 73.1 Å². The van der Waals surface area contributed by atoms with Crippen LogP contribution in [-0.4, -0.2) is 48.7 Å². The summed E-state index contributed by atoms with van der Waals surface area (Å²) in [5.41, 5.74) is 1.71. The van der Waals surface area contributed by atoms with Gasteiger partial charge in [0.25, 0.3) is 5.91 Å². The molecule has 2 N–H and O–H groups in total. The van der Waals surface area contributed by atoms with E-state index in [9.17, 15) is 4.79 Å². The van der Waals surface area contributed by atoms with Gasteiger partial charge in [0.2, 0.25) is 5.95 Å². The Labute approximate surface area is 182 Å². The quantitative estimate of drug-likeness (QED) is 0.614. The second-order valence-corrected chi connectivity index (χ2v) is 7.46. The predicted octanol–water partition coefficient (Wildman–Crippen LogP) is 1.96. The van der Waals surface area contributed by atoms with E-state index < -0.39 is 0 Å². The molecule has 3 aromatic rings. The van der Waals surface area contributed by atoms with Gasteiger partial charge in [0.1, 0.15) is 5.75 Å². The molecule has 1 fully saturated rings. The Morgan fingerprint density at radius 2 is 1.71 bits per heavy atom. The van der Waals surface area contributed by atoms with Crippen molar-refractivity contribution >= 4 is 17.5 Å². The number of nitrogens with one attached hydrogen (secondary N) is 2. The summed E-state index contributed by atoms with van der Waals surface area (Å²) in [6.45, 7) is 5.71. The molecule has 0 bridgehead atoms. The minimum Gasteiger partial charge on any atom is -0.492 e. The number of rotatable bonds is 7. The first-order chi connectivity index (χ1) is 15.3. The first kappa shape index (κ1) is 20.8. The monoisotopic (exact) mass is 418 g/mol. The van der Waals surface area contributed by atoms with Gasteiger partial charge in [-0.1, -0.05) is 42.5 Å². The third-order valence-corrected chi connectivity index (χ3v) is 5.49. The summed E-state index contributed by atoms with van der Waals surface area (Å²) in [5.74, 6) is 1.40. The van der Waals surface area contributed by atoms with Crippen LogP contribution in [-0.2, 0) is 4.79 Å². The van der Waals surface area contributed by atoms with Crippen LogP contribution in [0.3, 0.4) is 0 Å². The Hall–Kier alpha value is -3.45. The van der Waals surface area contributed by atoms with Crippen molar-refractivity contribution < 1.29 is 14.4 Å². The van der Waals surface area contributed by atoms with Crippen LogP contribution >= 0.6 is 0 Å². The summed E-state index contributed by atoms with van der Waals surface area (Å²) in [6, 6.07) is 19.1. The molecule has 0 saturated carbocycles. The maximum absolute atomic E-state index is 13.5. The molecule has 160 valence electrons. The van der Waals surface area contributed by atoms with Crippen LogP contribution in [0.5, 0.6) is 5.75 Å². The molecular formula is C24H28N5O2+. The average Bonchev–Trinajstić information content (AvgIpc) is 2.82. The van der Waals surface area contributed by atoms with Gasteiger partial charge in [0.05, 0.1) is 38.5 Å². The standard InChI is InChI=1S/C24H27N5O2/c1-2-31-21-12-7-6-11-20(21)27-23(30)22(19-9-4-3-5-10-19)28-15-17-29(18-16-28)24-25-13-8-14-26-24/h3-14,22H,2,15-18H2,1H3,(H,27,30)/p+1/t22-/m0/s1. The van der Waals surface area contributed by atoms with Gasteiger partial charge in [-0.05, 0) is 25.1 Å². The van der Waals surface area contributed by atoms with Gasteiger partial charge in [0.15, 0.2) is 6.04 Å². The van der Waals surface area contributed by atoms with E-state index in [-0.39, 0.29) is 11.9 Å². The molecule has 1 aliphatic heterocycles. The van der Waals surface area contributed by atoms with Crippen molar-refractivity contribution in [2.75, 3.05) is 43.0 Å². The first-order valence-electron chi connectivity index (χ1n) is 10.7. The molecule has 0 unspecified atom stereocenters. The highest BCUT2D eigenvalue weighted by Gasteiger charge is 2.35. The molecule has 2 aromatic carbocycles. The molecule has 1 aromatic heterocycles. The number of hydrogen-bond acceptors (Lipinski definition) is 5. The van der Waals surface area contributed by atoms with Crippen molar-refractivity contribution in [2.45, 2.75) is 13.0 Å². The summed E-state index contributed by atoms with van der Waals surface area (Å²) in [4.78, 5) is 25.6. The number of amides is 1. The average molecular weight is 419 g/mol. The van der Waals surface area contributed by atoms with Crippen molar-refractivity contribution in [3.05, 3.63) is 78.6 Å². The van der Waals surface area contributed by atoms with E-state index in [1.54, 1.807) is 12.4 Å². The van der Waals surface area contributed by atoms with Gasteiger partial charge in [0, 0.05) is 18.0 Å². The lowest BCUT2D eigenvalue weighted by molar-refractivity contribution is -0.922. The number of quaternary nitrogens is 1. The van der Waals surface area contributed by atoms with Gasteiger partial charge in [-0.25, -0.2) is 9.97 Å². The predicted molar refractivity (Wildman–Crippen MR) is 120 cm³/mol. The topological polar surface area (TPSA) is 71.8 Å². The van der Waals surface area contributed by atoms with E-state index >= 15 is 0 Å². The van der Waals surface area contributed by atoms with Crippen LogP contribution in [0.4, 0.5) is 11.6 Å². The van der Waals surface area contributed by atoms with Crippen LogP contribution in [0.1, 0.15) is 18.5 Å². The fourth-order valence-corrected chi connectivity index (χ4v) is 4.01. The van der Waals surface area contributed by atoms with Crippen molar-refractivity contribution in [3.63, 3.8) is 0 Å². The molecule has 0 radical (unpaired) electrons. The number of nitrogens with zero attached hydrogens (tertiary/aromatic N) is 3. The van der Waals surface area contributed by atoms with E-state index in [1.807, 2.05) is 67.6 Å². The van der Waals surface area contributed by atoms with Gasteiger partial charge >= 0.3 is 0 Å². The normalized spacial score (nSPS) is 15.3. The maximum Gasteiger partial charge on any atom is 0.287 e. The first-order valence-corrected chi connectivity index (χ1v) is 10.7. The van der Waals surface area contributed by atoms with E-state index in [1.165, 1.54) is 4.90 Å². The molecule has 31 heavy (non-hydrogen) atoms. The zero-order chi connectivity index (χ0) is 21.5. The zero-order valence-electron chi connectivity index (χ0n) is 17.7. The third kappa shape index (κ3) is 5.00. The number of anilines is 2. The number of carbonyl (C=O) groups excluding carboxylic acids is 1. The SMILES string of the molecule is CCOc1ccccc1NC(=O)[C@H](c1ccccc1)[NH+]1CCN(c2ncccn2)CC1. The number of aromatic nitrogens is 2. The fourth-order valence-electron chi connectivity index (χ4n) is 4.01. The van der Waals surface area contributed by atoms with Gasteiger partial charge < -0.3 is 19.9 Å². The lowest BCUT2D eigenvalue weighted by Crippen LogP contribution is -3.16. The van der Waals surface area contributed by atoms with Crippen molar-refractivity contribution in [2.24, 2.45) is 0 Å². The highest BCUT2D eigenvalue weighted by Crippen LogP contribution is 2.25. The van der Waals surface area contributed by atoms with E-state index in [2.05, 4.69) is 20.2 Å². The van der Waals surface area contributed by atoms with Crippen LogP contribution in [0.25, 0.3) is 0 Å². The third-order valence-electron chi connectivity index (χ3n) is 5.49. The number of ether oxygens (including phenoxy) is 1. The lowest BCUT2D eigenvalue weighted by Gasteiger charge is -2.36. The molecule has 1 atom stereocenters. The summed E-state index contributed by atoms with van der Waals surface area (Å²) in [6.07, 6.45) is 3.52. The molecule has 1 amide bonds. The van der Waals surface area contributed by atoms with Crippen molar-refractivity contribution in [3.8, 4) is 5.75 Å². The Morgan fingerprint density at radius 1 is 1.03 bits per heavy atom. The van der Waals surface area contributed by atoms with Gasteiger partial charge in [-0.15, -0.1) is 0 Å². The molecule has 1 aliphatic rings. The number of piperazine rings is 1. The van der Waals surface area contributed by atoms with E-state index in [0.717, 1.165) is 37.7 Å². The van der Waals surface area contributed by atoms with Crippen LogP contribution in [0.2, 0.25) is 0 Å². The zero-order valence-corrected chi connectivity index (χ0v) is 17.7. The number of benzene rings is 2. The summed E-state index contributed by atoms with van der Waals surface area (Å²) in [7, 11) is 0. The molecule has 1 saturated heterocycles. The Morgan fingerprint density at radius 3 is 2.42 bits per heavy atom. The molecule has 7 heteroatoms. The van der Waals surface area contributed by atoms with E-state index in [0.29, 0.717) is 18.0 Å². The largest absolute Gasteiger partial charge is 0.492 e. The fraction of sp³-hybridized carbons (Fsp3) is 0.292. The van der Waals surface area contributed by atoms with Crippen LogP contribution < -0.4 is 19.9 Å². The molecule has 7 nitrogen and oxygen atoms in total. The molecule has 0 spiro atoms.